The van der Waals surface area contributed by atoms with Crippen molar-refractivity contribution in [1.29, 1.82) is 0 Å². The molecule has 9 heteroatoms. The van der Waals surface area contributed by atoms with Crippen molar-refractivity contribution in [1.82, 2.24) is 9.97 Å². The summed E-state index contributed by atoms with van der Waals surface area (Å²) in [7, 11) is 0. The van der Waals surface area contributed by atoms with E-state index in [1.54, 1.807) is 24.3 Å². The van der Waals surface area contributed by atoms with Gasteiger partial charge in [0.25, 0.3) is 11.5 Å². The monoisotopic (exact) mass is 410 g/mol. The Hall–Kier alpha value is -3.30. The molecule has 1 aromatic carbocycles. The van der Waals surface area contributed by atoms with Crippen molar-refractivity contribution in [2.75, 3.05) is 10.6 Å². The third-order valence-corrected chi connectivity index (χ3v) is 5.71. The Bertz CT molecular complexity index is 1240. The molecule has 0 fully saturated rings. The zero-order chi connectivity index (χ0) is 19.7. The van der Waals surface area contributed by atoms with Crippen LogP contribution in [0.15, 0.2) is 52.6 Å². The van der Waals surface area contributed by atoms with Crippen molar-refractivity contribution in [2.24, 2.45) is 0 Å². The van der Waals surface area contributed by atoms with Crippen LogP contribution in [0.5, 0.6) is 0 Å². The van der Waals surface area contributed by atoms with E-state index < -0.39 is 11.5 Å². The lowest BCUT2D eigenvalue weighted by Gasteiger charge is -2.02. The molecule has 3 N–H and O–H groups in total. The maximum Gasteiger partial charge on any atom is 0.263 e. The van der Waals surface area contributed by atoms with Crippen molar-refractivity contribution in [3.8, 4) is 10.6 Å². The van der Waals surface area contributed by atoms with Gasteiger partial charge in [0, 0.05) is 12.6 Å². The number of benzene rings is 1. The van der Waals surface area contributed by atoms with Crippen LogP contribution >= 0.6 is 22.7 Å². The highest BCUT2D eigenvalue weighted by Crippen LogP contribution is 2.28. The maximum atomic E-state index is 12.5. The Labute approximate surface area is 167 Å². The molecule has 0 unspecified atom stereocenters. The largest absolute Gasteiger partial charge is 0.326 e. The summed E-state index contributed by atoms with van der Waals surface area (Å²) < 4.78 is 0.809. The summed E-state index contributed by atoms with van der Waals surface area (Å²) >= 11 is 2.77. The Balaban J connectivity index is 1.56. The second kappa shape index (κ2) is 7.37. The third kappa shape index (κ3) is 3.71. The van der Waals surface area contributed by atoms with Crippen molar-refractivity contribution in [3.63, 3.8) is 0 Å². The fourth-order valence-corrected chi connectivity index (χ4v) is 4.26. The Morgan fingerprint density at radius 1 is 1.11 bits per heavy atom. The lowest BCUT2D eigenvalue weighted by Crippen LogP contribution is -2.23. The number of fused-ring (bicyclic) bond motifs is 1. The number of aromatic amines is 1. The van der Waals surface area contributed by atoms with Crippen molar-refractivity contribution in [3.05, 3.63) is 63.8 Å². The number of nitrogens with zero attached hydrogens (tertiary/aromatic N) is 1. The van der Waals surface area contributed by atoms with E-state index in [0.29, 0.717) is 22.0 Å². The highest BCUT2D eigenvalue weighted by Gasteiger charge is 2.14. The van der Waals surface area contributed by atoms with E-state index in [4.69, 9.17) is 0 Å². The van der Waals surface area contributed by atoms with E-state index in [1.165, 1.54) is 35.7 Å². The molecule has 0 aliphatic rings. The Morgan fingerprint density at radius 2 is 1.96 bits per heavy atom. The number of carbonyl (C=O) groups excluding carboxylic acids is 2. The summed E-state index contributed by atoms with van der Waals surface area (Å²) in [6.45, 7) is 1.43. The van der Waals surface area contributed by atoms with Crippen LogP contribution in [0.4, 0.5) is 10.8 Å². The quantitative estimate of drug-likeness (QED) is 0.474. The standard InChI is InChI=1S/C19H14N4O3S2/c1-10(24)20-11-4-6-14-16(9-11)28-19(22-14)23-18(26)12-5-7-13(21-17(12)25)15-3-2-8-27-15/h2-9H,1H3,(H,20,24)(H,21,25)(H,22,23,26). The minimum atomic E-state index is -0.528. The highest BCUT2D eigenvalue weighted by atomic mass is 32.1. The van der Waals surface area contributed by atoms with Gasteiger partial charge >= 0.3 is 0 Å². The summed E-state index contributed by atoms with van der Waals surface area (Å²) in [6.07, 6.45) is 0. The van der Waals surface area contributed by atoms with Crippen molar-refractivity contribution >= 4 is 55.5 Å². The highest BCUT2D eigenvalue weighted by molar-refractivity contribution is 7.22. The molecular formula is C19H14N4O3S2. The summed E-state index contributed by atoms with van der Waals surface area (Å²) in [4.78, 5) is 44.0. The second-order valence-electron chi connectivity index (χ2n) is 5.93. The molecule has 0 saturated carbocycles. The first kappa shape index (κ1) is 18.1. The van der Waals surface area contributed by atoms with E-state index in [1.807, 2.05) is 17.5 Å². The molecule has 140 valence electrons. The fraction of sp³-hybridized carbons (Fsp3) is 0.0526. The van der Waals surface area contributed by atoms with E-state index in [2.05, 4.69) is 20.6 Å². The minimum absolute atomic E-state index is 0.0125. The average molecular weight is 410 g/mol. The summed E-state index contributed by atoms with van der Waals surface area (Å²) in [5.41, 5.74) is 1.57. The average Bonchev–Trinajstić information content (AvgIpc) is 3.30. The molecule has 4 aromatic rings. The number of nitrogens with one attached hydrogen (secondary N) is 3. The van der Waals surface area contributed by atoms with Gasteiger partial charge in [0.2, 0.25) is 5.91 Å². The number of carbonyl (C=O) groups is 2. The first-order chi connectivity index (χ1) is 13.5. The fourth-order valence-electron chi connectivity index (χ4n) is 2.65. The third-order valence-electron chi connectivity index (χ3n) is 3.87. The molecule has 0 atom stereocenters. The Kier molecular flexibility index (Phi) is 4.76. The zero-order valence-corrected chi connectivity index (χ0v) is 16.2. The van der Waals surface area contributed by atoms with Gasteiger partial charge in [0.15, 0.2) is 5.13 Å². The lowest BCUT2D eigenvalue weighted by atomic mass is 10.2. The van der Waals surface area contributed by atoms with Crippen LogP contribution in [-0.4, -0.2) is 21.8 Å². The van der Waals surface area contributed by atoms with Gasteiger partial charge in [-0.3, -0.25) is 19.7 Å². The minimum Gasteiger partial charge on any atom is -0.326 e. The molecule has 0 bridgehead atoms. The number of thiophene rings is 1. The van der Waals surface area contributed by atoms with Crippen LogP contribution in [0.25, 0.3) is 20.8 Å². The smallest absolute Gasteiger partial charge is 0.263 e. The molecule has 3 aromatic heterocycles. The van der Waals surface area contributed by atoms with Gasteiger partial charge in [-0.2, -0.15) is 0 Å². The molecule has 28 heavy (non-hydrogen) atoms. The van der Waals surface area contributed by atoms with Crippen LogP contribution in [0.2, 0.25) is 0 Å². The topological polar surface area (TPSA) is 104 Å². The molecule has 0 saturated heterocycles. The molecule has 0 aliphatic carbocycles. The molecule has 0 aliphatic heterocycles. The number of anilines is 2. The molecule has 4 rings (SSSR count). The van der Waals surface area contributed by atoms with E-state index in [-0.39, 0.29) is 11.5 Å². The molecule has 0 spiro atoms. The van der Waals surface area contributed by atoms with Gasteiger partial charge in [-0.1, -0.05) is 17.4 Å². The first-order valence-electron chi connectivity index (χ1n) is 8.26. The van der Waals surface area contributed by atoms with Crippen molar-refractivity contribution in [2.45, 2.75) is 6.92 Å². The normalized spacial score (nSPS) is 10.8. The van der Waals surface area contributed by atoms with Crippen LogP contribution in [-0.2, 0) is 4.79 Å². The number of amides is 2. The number of hydrogen-bond donors (Lipinski definition) is 3. The van der Waals surface area contributed by atoms with Crippen LogP contribution < -0.4 is 16.2 Å². The predicted octanol–water partition coefficient (Wildman–Crippen LogP) is 3.92. The molecule has 7 nitrogen and oxygen atoms in total. The number of rotatable bonds is 4. The number of H-pyrrole nitrogens is 1. The van der Waals surface area contributed by atoms with Gasteiger partial charge < -0.3 is 10.3 Å². The maximum absolute atomic E-state index is 12.5. The van der Waals surface area contributed by atoms with Crippen LogP contribution in [0, 0.1) is 0 Å². The molecule has 0 radical (unpaired) electrons. The summed E-state index contributed by atoms with van der Waals surface area (Å²) in [5, 5.41) is 7.66. The number of thiazole rings is 1. The van der Waals surface area contributed by atoms with Gasteiger partial charge in [0.05, 0.1) is 20.8 Å². The lowest BCUT2D eigenvalue weighted by molar-refractivity contribution is -0.114. The summed E-state index contributed by atoms with van der Waals surface area (Å²) in [5.74, 6) is -0.692. The molecular weight excluding hydrogens is 396 g/mol. The van der Waals surface area contributed by atoms with Crippen LogP contribution in [0.3, 0.4) is 0 Å². The van der Waals surface area contributed by atoms with Gasteiger partial charge in [-0.15, -0.1) is 11.3 Å². The second-order valence-corrected chi connectivity index (χ2v) is 7.91. The SMILES string of the molecule is CC(=O)Nc1ccc2nc(NC(=O)c3ccc(-c4cccs4)[nH]c3=O)sc2c1. The van der Waals surface area contributed by atoms with Gasteiger partial charge in [-0.05, 0) is 41.8 Å². The Morgan fingerprint density at radius 3 is 2.68 bits per heavy atom. The van der Waals surface area contributed by atoms with Crippen molar-refractivity contribution < 1.29 is 9.59 Å². The molecule has 2 amide bonds. The van der Waals surface area contributed by atoms with E-state index in [0.717, 1.165) is 9.58 Å². The number of hydrogen-bond acceptors (Lipinski definition) is 6. The predicted molar refractivity (Wildman–Crippen MR) is 112 cm³/mol. The van der Waals surface area contributed by atoms with E-state index >= 15 is 0 Å². The van der Waals surface area contributed by atoms with Crippen LogP contribution in [0.1, 0.15) is 17.3 Å². The first-order valence-corrected chi connectivity index (χ1v) is 9.96. The van der Waals surface area contributed by atoms with Gasteiger partial charge in [-0.25, -0.2) is 4.98 Å². The summed E-state index contributed by atoms with van der Waals surface area (Å²) in [6, 6.07) is 12.3. The van der Waals surface area contributed by atoms with Gasteiger partial charge in [0.1, 0.15) is 5.56 Å². The zero-order valence-electron chi connectivity index (χ0n) is 14.6. The van der Waals surface area contributed by atoms with E-state index in [9.17, 15) is 14.4 Å². The number of pyridine rings is 1. The number of aromatic nitrogens is 2. The molecule has 3 heterocycles.